The van der Waals surface area contributed by atoms with E-state index in [0.717, 1.165) is 5.56 Å². The smallest absolute Gasteiger partial charge is 0.269 e. The predicted octanol–water partition coefficient (Wildman–Crippen LogP) is 5.88. The second-order valence-electron chi connectivity index (χ2n) is 5.81. The molecule has 0 aliphatic heterocycles. The van der Waals surface area contributed by atoms with Crippen molar-refractivity contribution < 1.29 is 14.1 Å². The normalized spacial score (nSPS) is 11.8. The Kier molecular flexibility index (Phi) is 5.83. The van der Waals surface area contributed by atoms with Crippen molar-refractivity contribution in [1.82, 2.24) is 0 Å². The fraction of sp³-hybridized carbons (Fsp3) is 0.105. The summed E-state index contributed by atoms with van der Waals surface area (Å²) in [6.07, 6.45) is 0.121. The van der Waals surface area contributed by atoms with Gasteiger partial charge in [-0.1, -0.05) is 11.6 Å². The van der Waals surface area contributed by atoms with Gasteiger partial charge in [0.15, 0.2) is 5.78 Å². The number of Topliss-reactive ketones (excluding diaryl/α,β-unsaturated/α-hetero) is 1. The predicted molar refractivity (Wildman–Crippen MR) is 104 cm³/mol. The van der Waals surface area contributed by atoms with Gasteiger partial charge in [-0.05, 0) is 52.7 Å². The number of nitro benzene ring substituents is 1. The highest BCUT2D eigenvalue weighted by Crippen LogP contribution is 2.28. The molecule has 138 valence electrons. The third-order valence-corrected chi connectivity index (χ3v) is 4.99. The van der Waals surface area contributed by atoms with Crippen molar-refractivity contribution in [3.05, 3.63) is 91.4 Å². The largest absolute Gasteiger partial charge is 0.378 e. The Morgan fingerprint density at radius 1 is 1.22 bits per heavy atom. The van der Waals surface area contributed by atoms with E-state index in [-0.39, 0.29) is 29.0 Å². The van der Waals surface area contributed by atoms with Crippen LogP contribution in [0.3, 0.4) is 0 Å². The second kappa shape index (κ2) is 8.28. The maximum atomic E-state index is 13.3. The zero-order valence-corrected chi connectivity index (χ0v) is 15.5. The van der Waals surface area contributed by atoms with E-state index in [0.29, 0.717) is 11.3 Å². The SMILES string of the molecule is O=C(CC(Nc1ccc([N+](=O)[O-])cc1)c1ccsc1)c1ccc(F)c(Cl)c1. The van der Waals surface area contributed by atoms with Crippen LogP contribution in [0.15, 0.2) is 59.3 Å². The fourth-order valence-electron chi connectivity index (χ4n) is 2.58. The number of benzene rings is 2. The number of non-ortho nitro benzene ring substituents is 1. The van der Waals surface area contributed by atoms with Gasteiger partial charge in [-0.25, -0.2) is 4.39 Å². The Morgan fingerprint density at radius 2 is 1.96 bits per heavy atom. The van der Waals surface area contributed by atoms with E-state index >= 15 is 0 Å². The van der Waals surface area contributed by atoms with Crippen LogP contribution in [0.1, 0.15) is 28.4 Å². The zero-order valence-electron chi connectivity index (χ0n) is 13.9. The first-order chi connectivity index (χ1) is 12.9. The highest BCUT2D eigenvalue weighted by Gasteiger charge is 2.19. The molecule has 0 saturated carbocycles. The highest BCUT2D eigenvalue weighted by molar-refractivity contribution is 7.08. The van der Waals surface area contributed by atoms with Crippen LogP contribution < -0.4 is 5.32 Å². The molecule has 3 aromatic rings. The zero-order chi connectivity index (χ0) is 19.4. The summed E-state index contributed by atoms with van der Waals surface area (Å²) in [6.45, 7) is 0. The van der Waals surface area contributed by atoms with Crippen molar-refractivity contribution >= 4 is 40.1 Å². The number of thiophene rings is 1. The molecule has 0 radical (unpaired) electrons. The van der Waals surface area contributed by atoms with Crippen molar-refractivity contribution in [2.24, 2.45) is 0 Å². The Labute approximate surface area is 163 Å². The summed E-state index contributed by atoms with van der Waals surface area (Å²) in [7, 11) is 0. The third kappa shape index (κ3) is 4.69. The lowest BCUT2D eigenvalue weighted by Crippen LogP contribution is -2.15. The van der Waals surface area contributed by atoms with Gasteiger partial charge in [-0.3, -0.25) is 14.9 Å². The quantitative estimate of drug-likeness (QED) is 0.303. The molecule has 1 atom stereocenters. The average molecular weight is 405 g/mol. The van der Waals surface area contributed by atoms with E-state index < -0.39 is 10.7 Å². The number of rotatable bonds is 7. The number of nitrogens with one attached hydrogen (secondary N) is 1. The van der Waals surface area contributed by atoms with Gasteiger partial charge in [-0.15, -0.1) is 0 Å². The van der Waals surface area contributed by atoms with Crippen molar-refractivity contribution in [3.63, 3.8) is 0 Å². The molecule has 3 rings (SSSR count). The molecule has 0 fully saturated rings. The van der Waals surface area contributed by atoms with Gasteiger partial charge in [-0.2, -0.15) is 11.3 Å². The second-order valence-corrected chi connectivity index (χ2v) is 7.00. The van der Waals surface area contributed by atoms with E-state index in [4.69, 9.17) is 11.6 Å². The fourth-order valence-corrected chi connectivity index (χ4v) is 3.47. The Balaban J connectivity index is 1.80. The molecule has 5 nitrogen and oxygen atoms in total. The average Bonchev–Trinajstić information content (AvgIpc) is 3.18. The molecule has 27 heavy (non-hydrogen) atoms. The Morgan fingerprint density at radius 3 is 2.56 bits per heavy atom. The summed E-state index contributed by atoms with van der Waals surface area (Å²) in [6, 6.07) is 11.4. The molecule has 0 amide bonds. The van der Waals surface area contributed by atoms with Crippen LogP contribution in [0.4, 0.5) is 15.8 Å². The molecule has 0 spiro atoms. The molecule has 8 heteroatoms. The minimum atomic E-state index is -0.577. The first-order valence-electron chi connectivity index (χ1n) is 7.95. The van der Waals surface area contributed by atoms with Crippen molar-refractivity contribution in [2.75, 3.05) is 5.32 Å². The maximum Gasteiger partial charge on any atom is 0.269 e. The number of ketones is 1. The van der Waals surface area contributed by atoms with Crippen molar-refractivity contribution in [1.29, 1.82) is 0 Å². The summed E-state index contributed by atoms with van der Waals surface area (Å²) < 4.78 is 13.3. The summed E-state index contributed by atoms with van der Waals surface area (Å²) >= 11 is 7.27. The molecule has 1 heterocycles. The maximum absolute atomic E-state index is 13.3. The molecule has 1 aromatic heterocycles. The highest BCUT2D eigenvalue weighted by atomic mass is 35.5. The molecule has 0 aliphatic rings. The number of carbonyl (C=O) groups is 1. The lowest BCUT2D eigenvalue weighted by molar-refractivity contribution is -0.384. The van der Waals surface area contributed by atoms with Gasteiger partial charge in [0.1, 0.15) is 5.82 Å². The Bertz CT molecular complexity index is 962. The number of nitrogens with zero attached hydrogens (tertiary/aromatic N) is 1. The first-order valence-corrected chi connectivity index (χ1v) is 9.27. The van der Waals surface area contributed by atoms with E-state index in [1.165, 1.54) is 41.7 Å². The summed E-state index contributed by atoms with van der Waals surface area (Å²) in [5.41, 5.74) is 1.89. The number of nitro groups is 1. The minimum absolute atomic E-state index is 0.00957. The Hall–Kier alpha value is -2.77. The number of carbonyl (C=O) groups excluding carboxylic acids is 1. The first kappa shape index (κ1) is 19.0. The van der Waals surface area contributed by atoms with Crippen LogP contribution in [0, 0.1) is 15.9 Å². The van der Waals surface area contributed by atoms with Crippen LogP contribution in [-0.2, 0) is 0 Å². The number of anilines is 1. The standard InChI is InChI=1S/C19H14ClFN2O3S/c20-16-9-12(1-6-17(16)21)19(24)10-18(13-7-8-27-11-13)22-14-2-4-15(5-3-14)23(25)26/h1-9,11,18,22H,10H2. The van der Waals surface area contributed by atoms with Crippen LogP contribution >= 0.6 is 22.9 Å². The van der Waals surface area contributed by atoms with Crippen LogP contribution in [0.5, 0.6) is 0 Å². The monoisotopic (exact) mass is 404 g/mol. The minimum Gasteiger partial charge on any atom is -0.378 e. The van der Waals surface area contributed by atoms with Gasteiger partial charge >= 0.3 is 0 Å². The molecular weight excluding hydrogens is 391 g/mol. The van der Waals surface area contributed by atoms with Crippen LogP contribution in [0.2, 0.25) is 5.02 Å². The van der Waals surface area contributed by atoms with E-state index in [1.54, 1.807) is 12.1 Å². The molecular formula is C19H14ClFN2O3S. The van der Waals surface area contributed by atoms with Gasteiger partial charge in [0.05, 0.1) is 16.0 Å². The lowest BCUT2D eigenvalue weighted by atomic mass is 9.99. The lowest BCUT2D eigenvalue weighted by Gasteiger charge is -2.19. The third-order valence-electron chi connectivity index (χ3n) is 4.00. The summed E-state index contributed by atoms with van der Waals surface area (Å²) in [5.74, 6) is -0.769. The molecule has 0 saturated heterocycles. The van der Waals surface area contributed by atoms with Crippen LogP contribution in [-0.4, -0.2) is 10.7 Å². The molecule has 2 aromatic carbocycles. The van der Waals surface area contributed by atoms with E-state index in [2.05, 4.69) is 5.32 Å². The molecule has 1 N–H and O–H groups in total. The summed E-state index contributed by atoms with van der Waals surface area (Å²) in [4.78, 5) is 22.9. The number of hydrogen-bond donors (Lipinski definition) is 1. The number of halogens is 2. The van der Waals surface area contributed by atoms with E-state index in [9.17, 15) is 19.3 Å². The van der Waals surface area contributed by atoms with Gasteiger partial charge < -0.3 is 5.32 Å². The van der Waals surface area contributed by atoms with Gasteiger partial charge in [0.2, 0.25) is 0 Å². The van der Waals surface area contributed by atoms with Crippen molar-refractivity contribution in [3.8, 4) is 0 Å². The number of hydrogen-bond acceptors (Lipinski definition) is 5. The molecule has 0 bridgehead atoms. The molecule has 0 aliphatic carbocycles. The van der Waals surface area contributed by atoms with Gasteiger partial charge in [0, 0.05) is 29.8 Å². The molecule has 1 unspecified atom stereocenters. The van der Waals surface area contributed by atoms with E-state index in [1.807, 2.05) is 16.8 Å². The summed E-state index contributed by atoms with van der Waals surface area (Å²) in [5, 5.41) is 17.7. The topological polar surface area (TPSA) is 72.2 Å². The van der Waals surface area contributed by atoms with Gasteiger partial charge in [0.25, 0.3) is 5.69 Å². The van der Waals surface area contributed by atoms with Crippen molar-refractivity contribution in [2.45, 2.75) is 12.5 Å². The van der Waals surface area contributed by atoms with Crippen LogP contribution in [0.25, 0.3) is 0 Å².